The molecule has 0 saturated carbocycles. The van der Waals surface area contributed by atoms with Gasteiger partial charge in [0.05, 0.1) is 11.3 Å². The van der Waals surface area contributed by atoms with Crippen LogP contribution >= 0.6 is 0 Å². The number of halogens is 3. The summed E-state index contributed by atoms with van der Waals surface area (Å²) in [6.45, 7) is 2.56. The number of rotatable bonds is 1. The molecule has 0 aliphatic carbocycles. The molecule has 0 aromatic carbocycles. The molecule has 13 heavy (non-hydrogen) atoms. The number of Topliss-reactive ketones (excluding diaryl/α,β-unsaturated/α-hetero) is 1. The van der Waals surface area contributed by atoms with Crippen LogP contribution in [-0.4, -0.2) is 15.6 Å². The lowest BCUT2D eigenvalue weighted by atomic mass is 10.2. The highest BCUT2D eigenvalue weighted by atomic mass is 19.4. The Kier molecular flexibility index (Phi) is 2.15. The Hall–Kier alpha value is -1.33. The minimum Gasteiger partial charge on any atom is -0.294 e. The summed E-state index contributed by atoms with van der Waals surface area (Å²) in [6, 6.07) is 0. The molecule has 1 aromatic heterocycles. The predicted octanol–water partition coefficient (Wildman–Crippen LogP) is 1.87. The second-order valence-electron chi connectivity index (χ2n) is 2.60. The van der Waals surface area contributed by atoms with Crippen molar-refractivity contribution in [3.63, 3.8) is 0 Å². The fraction of sp³-hybridized carbons (Fsp3) is 0.429. The summed E-state index contributed by atoms with van der Waals surface area (Å²) >= 11 is 0. The fourth-order valence-electron chi connectivity index (χ4n) is 0.936. The molecule has 0 atom stereocenters. The second-order valence-corrected chi connectivity index (χ2v) is 2.60. The summed E-state index contributed by atoms with van der Waals surface area (Å²) in [5.41, 5.74) is 0.0853. The highest BCUT2D eigenvalue weighted by Gasteiger charge is 2.32. The lowest BCUT2D eigenvalue weighted by molar-refractivity contribution is -0.212. The van der Waals surface area contributed by atoms with E-state index in [2.05, 4.69) is 5.10 Å². The van der Waals surface area contributed by atoms with Gasteiger partial charge < -0.3 is 0 Å². The van der Waals surface area contributed by atoms with Crippen molar-refractivity contribution in [3.8, 4) is 0 Å². The lowest BCUT2D eigenvalue weighted by Gasteiger charge is -2.03. The molecule has 1 heterocycles. The number of aromatic nitrogens is 2. The van der Waals surface area contributed by atoms with E-state index in [1.807, 2.05) is 0 Å². The average Bonchev–Trinajstić information content (AvgIpc) is 2.29. The summed E-state index contributed by atoms with van der Waals surface area (Å²) in [6.07, 6.45) is -3.86. The summed E-state index contributed by atoms with van der Waals surface area (Å²) < 4.78 is 35.9. The van der Waals surface area contributed by atoms with E-state index in [0.29, 0.717) is 6.20 Å². The number of carbonyl (C=O) groups excluding carboxylic acids is 1. The van der Waals surface area contributed by atoms with Gasteiger partial charge in [0, 0.05) is 6.20 Å². The molecule has 72 valence electrons. The van der Waals surface area contributed by atoms with Gasteiger partial charge in [0.15, 0.2) is 5.78 Å². The molecule has 0 saturated heterocycles. The van der Waals surface area contributed by atoms with Crippen molar-refractivity contribution in [3.05, 3.63) is 17.5 Å². The number of hydrogen-bond acceptors (Lipinski definition) is 2. The molecule has 6 heteroatoms. The maximum atomic E-state index is 12.0. The van der Waals surface area contributed by atoms with Crippen LogP contribution in [0.1, 0.15) is 23.0 Å². The van der Waals surface area contributed by atoms with Crippen molar-refractivity contribution in [1.82, 2.24) is 9.78 Å². The fourth-order valence-corrected chi connectivity index (χ4v) is 0.936. The van der Waals surface area contributed by atoms with Crippen LogP contribution in [0.5, 0.6) is 0 Å². The third-order valence-corrected chi connectivity index (χ3v) is 1.54. The van der Waals surface area contributed by atoms with Crippen LogP contribution in [0.2, 0.25) is 0 Å². The van der Waals surface area contributed by atoms with Gasteiger partial charge >= 0.3 is 6.30 Å². The Morgan fingerprint density at radius 3 is 2.31 bits per heavy atom. The van der Waals surface area contributed by atoms with Crippen LogP contribution in [-0.2, 0) is 6.30 Å². The molecule has 0 amide bonds. The van der Waals surface area contributed by atoms with Crippen LogP contribution in [0, 0.1) is 6.92 Å². The van der Waals surface area contributed by atoms with Gasteiger partial charge in [0.1, 0.15) is 0 Å². The molecule has 1 rings (SSSR count). The van der Waals surface area contributed by atoms with Crippen LogP contribution in [0.3, 0.4) is 0 Å². The van der Waals surface area contributed by atoms with Crippen molar-refractivity contribution in [2.75, 3.05) is 0 Å². The minimum absolute atomic E-state index is 0.00248. The summed E-state index contributed by atoms with van der Waals surface area (Å²) in [7, 11) is 0. The third kappa shape index (κ3) is 1.88. The molecule has 0 aliphatic rings. The van der Waals surface area contributed by atoms with E-state index in [1.165, 1.54) is 13.8 Å². The van der Waals surface area contributed by atoms with E-state index in [9.17, 15) is 18.0 Å². The first kappa shape index (κ1) is 9.76. The van der Waals surface area contributed by atoms with Crippen LogP contribution < -0.4 is 0 Å². The van der Waals surface area contributed by atoms with Gasteiger partial charge in [-0.1, -0.05) is 0 Å². The zero-order valence-electron chi connectivity index (χ0n) is 7.01. The average molecular weight is 192 g/mol. The summed E-state index contributed by atoms with van der Waals surface area (Å²) in [4.78, 5) is 10.8. The second kappa shape index (κ2) is 2.86. The molecule has 0 fully saturated rings. The molecule has 0 bridgehead atoms. The van der Waals surface area contributed by atoms with E-state index in [1.54, 1.807) is 0 Å². The highest BCUT2D eigenvalue weighted by molar-refractivity contribution is 5.94. The monoisotopic (exact) mass is 192 g/mol. The Balaban J connectivity index is 3.17. The standard InChI is InChI=1S/C7H7F3N2O/c1-4-6(5(2)13)3-12(11-4)7(8,9)10/h3H,1-2H3. The van der Waals surface area contributed by atoms with Gasteiger partial charge in [-0.2, -0.15) is 9.78 Å². The van der Waals surface area contributed by atoms with Gasteiger partial charge in [0.2, 0.25) is 0 Å². The Bertz CT molecular complexity index is 340. The van der Waals surface area contributed by atoms with Crippen molar-refractivity contribution >= 4 is 5.78 Å². The zero-order valence-corrected chi connectivity index (χ0v) is 7.01. The predicted molar refractivity (Wildman–Crippen MR) is 38.3 cm³/mol. The molecule has 0 unspecified atom stereocenters. The van der Waals surface area contributed by atoms with E-state index in [4.69, 9.17) is 0 Å². The molecular weight excluding hydrogens is 185 g/mol. The number of aryl methyl sites for hydroxylation is 1. The summed E-state index contributed by atoms with van der Waals surface area (Å²) in [5.74, 6) is -0.423. The van der Waals surface area contributed by atoms with Crippen molar-refractivity contribution in [2.24, 2.45) is 0 Å². The van der Waals surface area contributed by atoms with Gasteiger partial charge in [0.25, 0.3) is 0 Å². The first-order valence-corrected chi connectivity index (χ1v) is 3.47. The van der Waals surface area contributed by atoms with Crippen LogP contribution in [0.25, 0.3) is 0 Å². The SMILES string of the molecule is CC(=O)c1cn(C(F)(F)F)nc1C. The molecule has 0 N–H and O–H groups in total. The highest BCUT2D eigenvalue weighted by Crippen LogP contribution is 2.22. The Morgan fingerprint density at radius 1 is 1.54 bits per heavy atom. The quantitative estimate of drug-likeness (QED) is 0.636. The largest absolute Gasteiger partial charge is 0.504 e. The minimum atomic E-state index is -4.56. The van der Waals surface area contributed by atoms with E-state index >= 15 is 0 Å². The first-order valence-electron chi connectivity index (χ1n) is 3.47. The molecular formula is C7H7F3N2O. The van der Waals surface area contributed by atoms with E-state index < -0.39 is 12.1 Å². The number of carbonyl (C=O) groups is 1. The molecule has 1 aromatic rings. The zero-order chi connectivity index (χ0) is 10.2. The molecule has 3 nitrogen and oxygen atoms in total. The normalized spacial score (nSPS) is 11.8. The Labute approximate surface area is 72.2 Å². The maximum absolute atomic E-state index is 12.0. The third-order valence-electron chi connectivity index (χ3n) is 1.54. The van der Waals surface area contributed by atoms with Crippen molar-refractivity contribution in [2.45, 2.75) is 20.1 Å². The number of alkyl halides is 3. The van der Waals surface area contributed by atoms with Crippen LogP contribution in [0.15, 0.2) is 6.20 Å². The number of hydrogen-bond donors (Lipinski definition) is 0. The topological polar surface area (TPSA) is 34.9 Å². The smallest absolute Gasteiger partial charge is 0.294 e. The van der Waals surface area contributed by atoms with Crippen LogP contribution in [0.4, 0.5) is 13.2 Å². The molecule has 0 spiro atoms. The molecule has 0 aliphatic heterocycles. The maximum Gasteiger partial charge on any atom is 0.504 e. The molecule has 0 radical (unpaired) electrons. The number of nitrogens with zero attached hydrogens (tertiary/aromatic N) is 2. The van der Waals surface area contributed by atoms with Gasteiger partial charge in [-0.15, -0.1) is 13.2 Å². The number of ketones is 1. The van der Waals surface area contributed by atoms with E-state index in [-0.39, 0.29) is 15.9 Å². The van der Waals surface area contributed by atoms with Gasteiger partial charge in [-0.05, 0) is 13.8 Å². The van der Waals surface area contributed by atoms with Gasteiger partial charge in [-0.3, -0.25) is 4.79 Å². The van der Waals surface area contributed by atoms with Crippen molar-refractivity contribution < 1.29 is 18.0 Å². The van der Waals surface area contributed by atoms with Gasteiger partial charge in [-0.25, -0.2) is 0 Å². The first-order chi connectivity index (χ1) is 5.82. The Morgan fingerprint density at radius 2 is 2.08 bits per heavy atom. The lowest BCUT2D eigenvalue weighted by Crippen LogP contribution is -2.17. The summed E-state index contributed by atoms with van der Waals surface area (Å²) in [5, 5.41) is 3.17. The van der Waals surface area contributed by atoms with Crippen molar-refractivity contribution in [1.29, 1.82) is 0 Å². The van der Waals surface area contributed by atoms with E-state index in [0.717, 1.165) is 0 Å².